The number of furan rings is 1. The molecule has 0 saturated carbocycles. The van der Waals surface area contributed by atoms with Crippen LogP contribution in [0.1, 0.15) is 27.4 Å². The summed E-state index contributed by atoms with van der Waals surface area (Å²) < 4.78 is 29.5. The molecule has 1 aliphatic rings. The molecule has 2 aromatic carbocycles. The Bertz CT molecular complexity index is 1250. The van der Waals surface area contributed by atoms with E-state index in [1.54, 1.807) is 42.5 Å². The van der Waals surface area contributed by atoms with Crippen LogP contribution in [0.25, 0.3) is 6.08 Å². The first-order valence-corrected chi connectivity index (χ1v) is 9.93. The molecule has 1 saturated heterocycles. The molecular weight excluding hydrogens is 431 g/mol. The molecule has 0 aliphatic carbocycles. The molecule has 3 aromatic rings. The van der Waals surface area contributed by atoms with Gasteiger partial charge in [0.1, 0.15) is 29.6 Å². The fourth-order valence-corrected chi connectivity index (χ4v) is 3.20. The Kier molecular flexibility index (Phi) is 6.21. The largest absolute Gasteiger partial charge is 0.488 e. The molecule has 168 valence electrons. The van der Waals surface area contributed by atoms with Gasteiger partial charge in [-0.2, -0.15) is 0 Å². The number of nitrogens with one attached hydrogen (secondary N) is 1. The monoisotopic (exact) mass is 450 g/mol. The van der Waals surface area contributed by atoms with Crippen LogP contribution in [0.5, 0.6) is 5.75 Å². The van der Waals surface area contributed by atoms with Gasteiger partial charge in [0, 0.05) is 11.1 Å². The first-order chi connectivity index (χ1) is 16.0. The van der Waals surface area contributed by atoms with Crippen molar-refractivity contribution in [2.24, 2.45) is 0 Å². The van der Waals surface area contributed by atoms with E-state index < -0.39 is 17.9 Å². The van der Waals surface area contributed by atoms with Crippen LogP contribution in [0.4, 0.5) is 9.18 Å². The SMILES string of the molecule is COC(=O)c1ccc(CN2C(=O)N/C(=C\c3ccccc3OCc3ccccc3F)C2=O)o1. The van der Waals surface area contributed by atoms with E-state index in [2.05, 4.69) is 10.1 Å². The number of imide groups is 1. The van der Waals surface area contributed by atoms with Gasteiger partial charge >= 0.3 is 12.0 Å². The summed E-state index contributed by atoms with van der Waals surface area (Å²) >= 11 is 0. The van der Waals surface area contributed by atoms with E-state index in [-0.39, 0.29) is 36.2 Å². The summed E-state index contributed by atoms with van der Waals surface area (Å²) in [6.45, 7) is -0.162. The molecule has 3 amide bonds. The lowest BCUT2D eigenvalue weighted by molar-refractivity contribution is -0.123. The van der Waals surface area contributed by atoms with Gasteiger partial charge in [-0.15, -0.1) is 0 Å². The molecule has 4 rings (SSSR count). The molecule has 0 radical (unpaired) electrons. The Hall–Kier alpha value is -4.40. The van der Waals surface area contributed by atoms with Crippen LogP contribution in [0.3, 0.4) is 0 Å². The molecule has 8 nitrogen and oxygen atoms in total. The van der Waals surface area contributed by atoms with Crippen molar-refractivity contribution in [3.05, 3.63) is 94.8 Å². The average molecular weight is 450 g/mol. The van der Waals surface area contributed by atoms with Crippen LogP contribution in [-0.4, -0.2) is 29.9 Å². The van der Waals surface area contributed by atoms with Crippen molar-refractivity contribution in [3.8, 4) is 5.75 Å². The lowest BCUT2D eigenvalue weighted by atomic mass is 10.1. The van der Waals surface area contributed by atoms with E-state index in [0.29, 0.717) is 16.9 Å². The minimum Gasteiger partial charge on any atom is -0.488 e. The molecule has 1 aliphatic heterocycles. The van der Waals surface area contributed by atoms with Crippen LogP contribution < -0.4 is 10.1 Å². The standard InChI is InChI=1S/C24H19FN2O6/c1-31-23(29)21-11-10-17(33-21)13-27-22(28)19(26-24(27)30)12-15-6-3-5-9-20(15)32-14-16-7-2-4-8-18(16)25/h2-12H,13-14H2,1H3,(H,26,30)/b19-12-. The summed E-state index contributed by atoms with van der Waals surface area (Å²) in [5.74, 6) is -0.978. The van der Waals surface area contributed by atoms with Crippen LogP contribution in [0.2, 0.25) is 0 Å². The molecule has 33 heavy (non-hydrogen) atoms. The number of rotatable bonds is 7. The summed E-state index contributed by atoms with van der Waals surface area (Å²) in [5.41, 5.74) is 0.966. The number of esters is 1. The average Bonchev–Trinajstić information content (AvgIpc) is 3.39. The first-order valence-electron chi connectivity index (χ1n) is 9.93. The second-order valence-electron chi connectivity index (χ2n) is 7.05. The lowest BCUT2D eigenvalue weighted by Gasteiger charge is -2.10. The van der Waals surface area contributed by atoms with Crippen LogP contribution >= 0.6 is 0 Å². The third kappa shape index (κ3) is 4.77. The number of carbonyl (C=O) groups is 3. The Morgan fingerprint density at radius 2 is 1.85 bits per heavy atom. The van der Waals surface area contributed by atoms with Crippen LogP contribution in [0.15, 0.2) is 70.8 Å². The summed E-state index contributed by atoms with van der Waals surface area (Å²) in [7, 11) is 1.22. The predicted molar refractivity (Wildman–Crippen MR) is 114 cm³/mol. The van der Waals surface area contributed by atoms with Gasteiger partial charge in [-0.05, 0) is 30.3 Å². The summed E-state index contributed by atoms with van der Waals surface area (Å²) in [6.07, 6.45) is 1.49. The molecule has 1 N–H and O–H groups in total. The van der Waals surface area contributed by atoms with Crippen molar-refractivity contribution in [2.45, 2.75) is 13.2 Å². The van der Waals surface area contributed by atoms with Crippen LogP contribution in [0, 0.1) is 5.82 Å². The number of hydrogen-bond donors (Lipinski definition) is 1. The quantitative estimate of drug-likeness (QED) is 0.333. The maximum absolute atomic E-state index is 13.9. The normalized spacial score (nSPS) is 14.5. The second-order valence-corrected chi connectivity index (χ2v) is 7.05. The maximum Gasteiger partial charge on any atom is 0.373 e. The summed E-state index contributed by atoms with van der Waals surface area (Å²) in [4.78, 5) is 37.7. The van der Waals surface area contributed by atoms with Gasteiger partial charge in [0.25, 0.3) is 5.91 Å². The first kappa shape index (κ1) is 21.8. The molecule has 1 fully saturated rings. The minimum atomic E-state index is -0.661. The minimum absolute atomic E-state index is 0.000309. The number of urea groups is 1. The van der Waals surface area contributed by atoms with Crippen molar-refractivity contribution < 1.29 is 32.7 Å². The number of methoxy groups -OCH3 is 1. The Balaban J connectivity index is 1.50. The van der Waals surface area contributed by atoms with E-state index in [9.17, 15) is 18.8 Å². The Labute approximate surface area is 188 Å². The highest BCUT2D eigenvalue weighted by Gasteiger charge is 2.34. The molecule has 0 spiro atoms. The number of amides is 3. The molecule has 0 atom stereocenters. The fourth-order valence-electron chi connectivity index (χ4n) is 3.20. The van der Waals surface area contributed by atoms with Crippen molar-refractivity contribution in [3.63, 3.8) is 0 Å². The van der Waals surface area contributed by atoms with Gasteiger partial charge in [-0.1, -0.05) is 36.4 Å². The van der Waals surface area contributed by atoms with E-state index in [4.69, 9.17) is 9.15 Å². The molecule has 2 heterocycles. The number of carbonyl (C=O) groups excluding carboxylic acids is 3. The summed E-state index contributed by atoms with van der Waals surface area (Å²) in [5, 5.41) is 2.52. The van der Waals surface area contributed by atoms with E-state index in [1.807, 2.05) is 0 Å². The highest BCUT2D eigenvalue weighted by molar-refractivity contribution is 6.14. The zero-order valence-corrected chi connectivity index (χ0v) is 17.5. The maximum atomic E-state index is 13.9. The van der Waals surface area contributed by atoms with E-state index in [1.165, 1.54) is 31.4 Å². The number of benzene rings is 2. The smallest absolute Gasteiger partial charge is 0.373 e. The highest BCUT2D eigenvalue weighted by atomic mass is 19.1. The van der Waals surface area contributed by atoms with E-state index >= 15 is 0 Å². The fraction of sp³-hybridized carbons (Fsp3) is 0.125. The van der Waals surface area contributed by atoms with Gasteiger partial charge in [-0.25, -0.2) is 14.0 Å². The summed E-state index contributed by atoms with van der Waals surface area (Å²) in [6, 6.07) is 15.4. The van der Waals surface area contributed by atoms with Gasteiger partial charge in [0.2, 0.25) is 5.76 Å². The lowest BCUT2D eigenvalue weighted by Crippen LogP contribution is -2.30. The van der Waals surface area contributed by atoms with Crippen molar-refractivity contribution in [1.29, 1.82) is 0 Å². The molecule has 0 bridgehead atoms. The number of hydrogen-bond acceptors (Lipinski definition) is 6. The zero-order valence-electron chi connectivity index (χ0n) is 17.5. The molecule has 9 heteroatoms. The number of nitrogens with zero attached hydrogens (tertiary/aromatic N) is 1. The predicted octanol–water partition coefficient (Wildman–Crippen LogP) is 3.88. The van der Waals surface area contributed by atoms with Crippen molar-refractivity contribution in [2.75, 3.05) is 7.11 Å². The third-order valence-corrected chi connectivity index (χ3v) is 4.88. The second kappa shape index (κ2) is 9.39. The highest BCUT2D eigenvalue weighted by Crippen LogP contribution is 2.25. The number of ether oxygens (including phenoxy) is 2. The topological polar surface area (TPSA) is 98.1 Å². The van der Waals surface area contributed by atoms with Crippen molar-refractivity contribution in [1.82, 2.24) is 10.2 Å². The van der Waals surface area contributed by atoms with Gasteiger partial charge in [-0.3, -0.25) is 9.69 Å². The molecular formula is C24H19FN2O6. The zero-order chi connectivity index (χ0) is 23.4. The van der Waals surface area contributed by atoms with Crippen molar-refractivity contribution >= 4 is 24.0 Å². The van der Waals surface area contributed by atoms with Gasteiger partial charge in [0.15, 0.2) is 0 Å². The molecule has 1 aromatic heterocycles. The Morgan fingerprint density at radius 3 is 2.64 bits per heavy atom. The van der Waals surface area contributed by atoms with E-state index in [0.717, 1.165) is 4.90 Å². The Morgan fingerprint density at radius 1 is 1.09 bits per heavy atom. The molecule has 0 unspecified atom stereocenters. The van der Waals surface area contributed by atoms with Gasteiger partial charge < -0.3 is 19.2 Å². The van der Waals surface area contributed by atoms with Crippen LogP contribution in [-0.2, 0) is 22.7 Å². The van der Waals surface area contributed by atoms with Gasteiger partial charge in [0.05, 0.1) is 13.7 Å². The third-order valence-electron chi connectivity index (χ3n) is 4.88. The number of halogens is 1. The number of para-hydroxylation sites is 1.